The van der Waals surface area contributed by atoms with Crippen molar-refractivity contribution in [2.75, 3.05) is 46.9 Å². The quantitative estimate of drug-likeness (QED) is 0.842. The molecule has 2 N–H and O–H groups in total. The molecule has 0 amide bonds. The molecule has 0 aromatic rings. The fourth-order valence-electron chi connectivity index (χ4n) is 4.03. The molecule has 0 bridgehead atoms. The number of likely N-dealkylation sites (N-methyl/N-ethyl adjacent to an activating group) is 1. The van der Waals surface area contributed by atoms with E-state index < -0.39 is 0 Å². The molecule has 0 aromatic carbocycles. The van der Waals surface area contributed by atoms with E-state index in [1.165, 1.54) is 32.5 Å². The van der Waals surface area contributed by atoms with E-state index in [9.17, 15) is 0 Å². The van der Waals surface area contributed by atoms with Gasteiger partial charge in [0.2, 0.25) is 0 Å². The van der Waals surface area contributed by atoms with Crippen LogP contribution in [0.2, 0.25) is 0 Å². The summed E-state index contributed by atoms with van der Waals surface area (Å²) in [4.78, 5) is 5.01. The highest BCUT2D eigenvalue weighted by Gasteiger charge is 2.44. The largest absolute Gasteiger partial charge is 0.375 e. The first-order valence-corrected chi connectivity index (χ1v) is 8.67. The summed E-state index contributed by atoms with van der Waals surface area (Å²) in [7, 11) is 4.51. The Hall–Kier alpha value is -0.160. The lowest BCUT2D eigenvalue weighted by Crippen LogP contribution is -2.60. The second kappa shape index (κ2) is 6.95. The Morgan fingerprint density at radius 1 is 1.33 bits per heavy atom. The molecule has 21 heavy (non-hydrogen) atoms. The van der Waals surface area contributed by atoms with Gasteiger partial charge in [0.25, 0.3) is 0 Å². The van der Waals surface area contributed by atoms with E-state index >= 15 is 0 Å². The minimum absolute atomic E-state index is 0.00133. The SMILES string of the molecule is CCC1(C)CC(CN)(N(C)CC2CCN(C)CC2)CCO1. The highest BCUT2D eigenvalue weighted by atomic mass is 16.5. The summed E-state index contributed by atoms with van der Waals surface area (Å²) in [5.74, 6) is 0.824. The summed E-state index contributed by atoms with van der Waals surface area (Å²) >= 11 is 0. The summed E-state index contributed by atoms with van der Waals surface area (Å²) in [6.07, 6.45) is 5.85. The number of nitrogens with zero attached hydrogens (tertiary/aromatic N) is 2. The van der Waals surface area contributed by atoms with Crippen LogP contribution in [0.4, 0.5) is 0 Å². The second-order valence-corrected chi connectivity index (χ2v) is 7.63. The summed E-state index contributed by atoms with van der Waals surface area (Å²) in [6, 6.07) is 0. The molecule has 0 saturated carbocycles. The van der Waals surface area contributed by atoms with Gasteiger partial charge in [-0.15, -0.1) is 0 Å². The molecule has 124 valence electrons. The summed E-state index contributed by atoms with van der Waals surface area (Å²) in [6.45, 7) is 9.73. The molecule has 0 aliphatic carbocycles. The molecule has 2 aliphatic heterocycles. The van der Waals surface area contributed by atoms with Gasteiger partial charge in [0.05, 0.1) is 5.60 Å². The van der Waals surface area contributed by atoms with Crippen LogP contribution >= 0.6 is 0 Å². The number of ether oxygens (including phenoxy) is 1. The molecule has 2 rings (SSSR count). The van der Waals surface area contributed by atoms with Crippen molar-refractivity contribution in [3.63, 3.8) is 0 Å². The van der Waals surface area contributed by atoms with Crippen LogP contribution in [0.3, 0.4) is 0 Å². The van der Waals surface area contributed by atoms with Crippen molar-refractivity contribution in [2.24, 2.45) is 11.7 Å². The van der Waals surface area contributed by atoms with Crippen molar-refractivity contribution >= 4 is 0 Å². The summed E-state index contributed by atoms with van der Waals surface area (Å²) in [5.41, 5.74) is 6.37. The fourth-order valence-corrected chi connectivity index (χ4v) is 4.03. The zero-order valence-corrected chi connectivity index (χ0v) is 14.5. The maximum Gasteiger partial charge on any atom is 0.0670 e. The zero-order chi connectivity index (χ0) is 15.5. The number of hydrogen-bond donors (Lipinski definition) is 1. The number of rotatable bonds is 5. The topological polar surface area (TPSA) is 41.7 Å². The fraction of sp³-hybridized carbons (Fsp3) is 1.00. The van der Waals surface area contributed by atoms with E-state index in [1.807, 2.05) is 0 Å². The van der Waals surface area contributed by atoms with Gasteiger partial charge in [-0.1, -0.05) is 6.92 Å². The Balaban J connectivity index is 1.98. The van der Waals surface area contributed by atoms with E-state index in [0.29, 0.717) is 0 Å². The molecule has 0 spiro atoms. The molecule has 2 saturated heterocycles. The second-order valence-electron chi connectivity index (χ2n) is 7.63. The molecule has 0 radical (unpaired) electrons. The predicted octanol–water partition coefficient (Wildman–Crippen LogP) is 1.94. The zero-order valence-electron chi connectivity index (χ0n) is 14.5. The van der Waals surface area contributed by atoms with Crippen molar-refractivity contribution in [3.8, 4) is 0 Å². The number of likely N-dealkylation sites (tertiary alicyclic amines) is 1. The molecule has 2 fully saturated rings. The van der Waals surface area contributed by atoms with E-state index in [-0.39, 0.29) is 11.1 Å². The maximum absolute atomic E-state index is 6.24. The monoisotopic (exact) mass is 297 g/mol. The van der Waals surface area contributed by atoms with Gasteiger partial charge in [-0.25, -0.2) is 0 Å². The predicted molar refractivity (Wildman–Crippen MR) is 88.5 cm³/mol. The molecule has 2 unspecified atom stereocenters. The minimum Gasteiger partial charge on any atom is -0.375 e. The lowest BCUT2D eigenvalue weighted by Gasteiger charge is -2.51. The highest BCUT2D eigenvalue weighted by molar-refractivity contribution is 5.00. The molecular formula is C17H35N3O. The number of nitrogens with two attached hydrogens (primary N) is 1. The Kier molecular flexibility index (Phi) is 5.69. The average molecular weight is 297 g/mol. The van der Waals surface area contributed by atoms with E-state index in [0.717, 1.165) is 38.3 Å². The van der Waals surface area contributed by atoms with E-state index in [4.69, 9.17) is 10.5 Å². The van der Waals surface area contributed by atoms with Gasteiger partial charge in [-0.3, -0.25) is 4.90 Å². The van der Waals surface area contributed by atoms with Crippen LogP contribution < -0.4 is 5.73 Å². The van der Waals surface area contributed by atoms with Crippen LogP contribution in [-0.4, -0.2) is 67.8 Å². The Labute approximate surface area is 131 Å². The van der Waals surface area contributed by atoms with Gasteiger partial charge in [0, 0.05) is 25.2 Å². The average Bonchev–Trinajstić information content (AvgIpc) is 2.49. The Morgan fingerprint density at radius 2 is 2.00 bits per heavy atom. The van der Waals surface area contributed by atoms with Crippen molar-refractivity contribution in [2.45, 2.75) is 57.1 Å². The Bertz CT molecular complexity index is 330. The van der Waals surface area contributed by atoms with Crippen molar-refractivity contribution in [1.29, 1.82) is 0 Å². The minimum atomic E-state index is -0.00133. The lowest BCUT2D eigenvalue weighted by molar-refractivity contribution is -0.127. The van der Waals surface area contributed by atoms with Gasteiger partial charge in [-0.05, 0) is 72.1 Å². The number of hydrogen-bond acceptors (Lipinski definition) is 4. The maximum atomic E-state index is 6.24. The van der Waals surface area contributed by atoms with Crippen molar-refractivity contribution < 1.29 is 4.74 Å². The first-order chi connectivity index (χ1) is 9.93. The normalized spacial score (nSPS) is 36.3. The molecule has 2 aliphatic rings. The highest BCUT2D eigenvalue weighted by Crippen LogP contribution is 2.38. The van der Waals surface area contributed by atoms with Crippen LogP contribution in [0, 0.1) is 5.92 Å². The number of piperidine rings is 1. The van der Waals surface area contributed by atoms with Crippen LogP contribution in [-0.2, 0) is 4.74 Å². The third-order valence-electron chi connectivity index (χ3n) is 6.03. The summed E-state index contributed by atoms with van der Waals surface area (Å²) < 4.78 is 6.04. The van der Waals surface area contributed by atoms with E-state index in [1.54, 1.807) is 0 Å². The van der Waals surface area contributed by atoms with Gasteiger partial charge in [0.1, 0.15) is 0 Å². The first-order valence-electron chi connectivity index (χ1n) is 8.67. The van der Waals surface area contributed by atoms with Gasteiger partial charge in [-0.2, -0.15) is 0 Å². The van der Waals surface area contributed by atoms with Crippen LogP contribution in [0.25, 0.3) is 0 Å². The van der Waals surface area contributed by atoms with Crippen molar-refractivity contribution in [1.82, 2.24) is 9.80 Å². The summed E-state index contributed by atoms with van der Waals surface area (Å²) in [5, 5.41) is 0. The molecular weight excluding hydrogens is 262 g/mol. The Morgan fingerprint density at radius 3 is 2.57 bits per heavy atom. The smallest absolute Gasteiger partial charge is 0.0670 e. The van der Waals surface area contributed by atoms with Crippen LogP contribution in [0.15, 0.2) is 0 Å². The molecule has 0 aromatic heterocycles. The molecule has 2 heterocycles. The van der Waals surface area contributed by atoms with Gasteiger partial charge < -0.3 is 15.4 Å². The van der Waals surface area contributed by atoms with Gasteiger partial charge >= 0.3 is 0 Å². The first kappa shape index (κ1) is 17.2. The van der Waals surface area contributed by atoms with Gasteiger partial charge in [0.15, 0.2) is 0 Å². The standard InChI is InChI=1S/C17H35N3O/c1-5-16(2)13-17(14-18,8-11-21-16)20(4)12-15-6-9-19(3)10-7-15/h15H,5-14,18H2,1-4H3. The third kappa shape index (κ3) is 3.98. The van der Waals surface area contributed by atoms with E-state index in [2.05, 4.69) is 37.7 Å². The van der Waals surface area contributed by atoms with Crippen LogP contribution in [0.5, 0.6) is 0 Å². The molecule has 4 nitrogen and oxygen atoms in total. The third-order valence-corrected chi connectivity index (χ3v) is 6.03. The van der Waals surface area contributed by atoms with Crippen LogP contribution in [0.1, 0.15) is 46.0 Å². The molecule has 4 heteroatoms. The molecule has 2 atom stereocenters. The van der Waals surface area contributed by atoms with Crippen molar-refractivity contribution in [3.05, 3.63) is 0 Å². The lowest BCUT2D eigenvalue weighted by atomic mass is 9.77.